The van der Waals surface area contributed by atoms with Crippen molar-refractivity contribution in [2.24, 2.45) is 12.0 Å². The van der Waals surface area contributed by atoms with Gasteiger partial charge in [-0.15, -0.1) is 11.3 Å². The largest absolute Gasteiger partial charge is 0.311 e. The Bertz CT molecular complexity index is 1350. The van der Waals surface area contributed by atoms with Crippen molar-refractivity contribution >= 4 is 28.6 Å². The number of nitrogens with zero attached hydrogens (tertiary/aromatic N) is 4. The van der Waals surface area contributed by atoms with Gasteiger partial charge in [0.15, 0.2) is 10.5 Å². The summed E-state index contributed by atoms with van der Waals surface area (Å²) in [6.45, 7) is 8.34. The first-order chi connectivity index (χ1) is 14.7. The molecule has 5 nitrogen and oxygen atoms in total. The summed E-state index contributed by atoms with van der Waals surface area (Å²) in [4.78, 5) is 19.0. The molecular formula is C24H25ClN4OS. The third kappa shape index (κ3) is 3.93. The average Bonchev–Trinajstić information content (AvgIpc) is 3.25. The van der Waals surface area contributed by atoms with Gasteiger partial charge in [-0.25, -0.2) is 9.67 Å². The molecule has 0 bridgehead atoms. The van der Waals surface area contributed by atoms with Gasteiger partial charge in [-0.1, -0.05) is 41.9 Å². The number of para-hydroxylation sites is 1. The molecule has 0 unspecified atom stereocenters. The van der Waals surface area contributed by atoms with E-state index in [1.165, 1.54) is 11.3 Å². The van der Waals surface area contributed by atoms with Gasteiger partial charge in [-0.3, -0.25) is 9.48 Å². The summed E-state index contributed by atoms with van der Waals surface area (Å²) in [6.07, 6.45) is 0. The van der Waals surface area contributed by atoms with Crippen molar-refractivity contribution in [3.63, 3.8) is 0 Å². The number of hydrogen-bond acceptors (Lipinski definition) is 3. The fourth-order valence-corrected chi connectivity index (χ4v) is 4.84. The highest BCUT2D eigenvalue weighted by molar-refractivity contribution is 7.07. The quantitative estimate of drug-likeness (QED) is 0.395. The maximum absolute atomic E-state index is 13.3. The van der Waals surface area contributed by atoms with Gasteiger partial charge in [-0.05, 0) is 57.5 Å². The lowest BCUT2D eigenvalue weighted by molar-refractivity contribution is 0.392. The van der Waals surface area contributed by atoms with Crippen LogP contribution in [0.25, 0.3) is 16.9 Å². The molecule has 0 aliphatic rings. The Morgan fingerprint density at radius 3 is 2.26 bits per heavy atom. The lowest BCUT2D eigenvalue weighted by Gasteiger charge is -2.24. The number of aromatic nitrogens is 3. The average molecular weight is 453 g/mol. The van der Waals surface area contributed by atoms with E-state index in [0.717, 1.165) is 27.4 Å². The summed E-state index contributed by atoms with van der Waals surface area (Å²) in [5, 5.41) is 2.79. The minimum atomic E-state index is -0.227. The van der Waals surface area contributed by atoms with E-state index < -0.39 is 0 Å². The first kappa shape index (κ1) is 21.4. The minimum absolute atomic E-state index is 0.131. The van der Waals surface area contributed by atoms with Gasteiger partial charge in [0.05, 0.1) is 17.1 Å². The molecule has 0 saturated carbocycles. The molecule has 2 aromatic heterocycles. The van der Waals surface area contributed by atoms with Crippen LogP contribution in [0.5, 0.6) is 0 Å². The monoisotopic (exact) mass is 452 g/mol. The van der Waals surface area contributed by atoms with Crippen LogP contribution in [0, 0.1) is 6.92 Å². The van der Waals surface area contributed by atoms with E-state index in [0.29, 0.717) is 10.7 Å². The van der Waals surface area contributed by atoms with E-state index in [9.17, 15) is 4.79 Å². The molecule has 2 aromatic carbocycles. The summed E-state index contributed by atoms with van der Waals surface area (Å²) >= 11 is 7.61. The molecule has 4 rings (SSSR count). The van der Waals surface area contributed by atoms with Gasteiger partial charge in [0.1, 0.15) is 0 Å². The molecule has 0 spiro atoms. The van der Waals surface area contributed by atoms with Crippen LogP contribution in [-0.2, 0) is 12.6 Å². The highest BCUT2D eigenvalue weighted by atomic mass is 35.5. The van der Waals surface area contributed by atoms with Crippen LogP contribution in [0.1, 0.15) is 26.5 Å². The zero-order chi connectivity index (χ0) is 22.3. The third-order valence-corrected chi connectivity index (χ3v) is 6.33. The van der Waals surface area contributed by atoms with Crippen LogP contribution in [0.4, 0.5) is 5.69 Å². The molecule has 0 aliphatic carbocycles. The number of benzene rings is 2. The second-order valence-electron chi connectivity index (χ2n) is 8.44. The van der Waals surface area contributed by atoms with Gasteiger partial charge >= 0.3 is 0 Å². The number of hydrogen-bond donors (Lipinski definition) is 0. The van der Waals surface area contributed by atoms with Gasteiger partial charge < -0.3 is 4.57 Å². The van der Waals surface area contributed by atoms with Gasteiger partial charge in [0, 0.05) is 23.0 Å². The normalized spacial score (nSPS) is 12.5. The Morgan fingerprint density at radius 2 is 1.65 bits per heavy atom. The predicted octanol–water partition coefficient (Wildman–Crippen LogP) is 5.66. The van der Waals surface area contributed by atoms with Crippen molar-refractivity contribution in [1.82, 2.24) is 13.9 Å². The lowest BCUT2D eigenvalue weighted by Crippen LogP contribution is -2.32. The van der Waals surface area contributed by atoms with Crippen LogP contribution in [-0.4, -0.2) is 13.9 Å². The molecule has 0 saturated heterocycles. The fourth-order valence-electron chi connectivity index (χ4n) is 3.64. The highest BCUT2D eigenvalue weighted by Crippen LogP contribution is 2.28. The molecule has 2 heterocycles. The van der Waals surface area contributed by atoms with Crippen molar-refractivity contribution in [2.75, 3.05) is 0 Å². The number of halogens is 1. The Morgan fingerprint density at radius 1 is 1.00 bits per heavy atom. The summed E-state index contributed by atoms with van der Waals surface area (Å²) in [5.74, 6) is 0. The predicted molar refractivity (Wildman–Crippen MR) is 129 cm³/mol. The van der Waals surface area contributed by atoms with E-state index in [2.05, 4.69) is 30.7 Å². The molecule has 0 amide bonds. The molecule has 7 heteroatoms. The van der Waals surface area contributed by atoms with Crippen LogP contribution >= 0.6 is 22.9 Å². The molecule has 0 aliphatic heterocycles. The highest BCUT2D eigenvalue weighted by Gasteiger charge is 2.22. The zero-order valence-electron chi connectivity index (χ0n) is 18.3. The summed E-state index contributed by atoms with van der Waals surface area (Å²) in [5.41, 5.74) is 3.83. The van der Waals surface area contributed by atoms with Crippen LogP contribution in [0.3, 0.4) is 0 Å². The second-order valence-corrected chi connectivity index (χ2v) is 9.71. The minimum Gasteiger partial charge on any atom is -0.311 e. The van der Waals surface area contributed by atoms with Gasteiger partial charge in [0.2, 0.25) is 0 Å². The van der Waals surface area contributed by atoms with Crippen molar-refractivity contribution in [1.29, 1.82) is 0 Å². The van der Waals surface area contributed by atoms with E-state index in [4.69, 9.17) is 16.6 Å². The molecule has 4 aromatic rings. The van der Waals surface area contributed by atoms with E-state index in [1.807, 2.05) is 73.3 Å². The van der Waals surface area contributed by atoms with Crippen LogP contribution < -0.4 is 10.4 Å². The van der Waals surface area contributed by atoms with Crippen molar-refractivity contribution < 1.29 is 0 Å². The van der Waals surface area contributed by atoms with Gasteiger partial charge in [0.25, 0.3) is 5.56 Å². The first-order valence-electron chi connectivity index (χ1n) is 10.0. The third-order valence-electron chi connectivity index (χ3n) is 5.25. The maximum atomic E-state index is 13.3. The first-order valence-corrected chi connectivity index (χ1v) is 11.3. The molecule has 0 fully saturated rings. The maximum Gasteiger partial charge on any atom is 0.297 e. The number of thiazole rings is 1. The van der Waals surface area contributed by atoms with Gasteiger partial charge in [-0.2, -0.15) is 0 Å². The lowest BCUT2D eigenvalue weighted by atomic mass is 10.1. The smallest absolute Gasteiger partial charge is 0.297 e. The molecular weight excluding hydrogens is 428 g/mol. The molecule has 0 radical (unpaired) electrons. The molecule has 0 atom stereocenters. The standard InChI is InChI=1S/C24H25ClN4OS/c1-16-21(22(30)29(27(16)5)19-9-7-6-8-10-19)26-23-28(24(2,3)4)20(15-31-23)17-11-13-18(25)14-12-17/h6-15H,1-5H3. The fraction of sp³-hybridized carbons (Fsp3) is 0.250. The van der Waals surface area contributed by atoms with Crippen LogP contribution in [0.15, 0.2) is 69.8 Å². The summed E-state index contributed by atoms with van der Waals surface area (Å²) in [6, 6.07) is 17.4. The Balaban J connectivity index is 1.95. The van der Waals surface area contributed by atoms with E-state index in [-0.39, 0.29) is 11.1 Å². The number of rotatable bonds is 3. The SMILES string of the molecule is Cc1c(N=c2scc(-c3ccc(Cl)cc3)n2C(C)(C)C)c(=O)n(-c2ccccc2)n1C. The topological polar surface area (TPSA) is 44.2 Å². The van der Waals surface area contributed by atoms with E-state index >= 15 is 0 Å². The molecule has 160 valence electrons. The Kier molecular flexibility index (Phi) is 5.54. The van der Waals surface area contributed by atoms with Crippen LogP contribution in [0.2, 0.25) is 5.02 Å². The second kappa shape index (κ2) is 8.02. The molecule has 0 N–H and O–H groups in total. The van der Waals surface area contributed by atoms with Crippen molar-refractivity contribution in [3.05, 3.63) is 85.8 Å². The zero-order valence-corrected chi connectivity index (χ0v) is 19.8. The Hall–Kier alpha value is -2.83. The Labute approximate surface area is 190 Å². The van der Waals surface area contributed by atoms with Crippen molar-refractivity contribution in [2.45, 2.75) is 33.2 Å². The summed E-state index contributed by atoms with van der Waals surface area (Å²) in [7, 11) is 1.88. The van der Waals surface area contributed by atoms with E-state index in [1.54, 1.807) is 4.68 Å². The van der Waals surface area contributed by atoms with Crippen molar-refractivity contribution in [3.8, 4) is 16.9 Å². The molecule has 31 heavy (non-hydrogen) atoms. The summed E-state index contributed by atoms with van der Waals surface area (Å²) < 4.78 is 5.69.